The van der Waals surface area contributed by atoms with Crippen molar-refractivity contribution in [3.05, 3.63) is 30.1 Å². The van der Waals surface area contributed by atoms with Gasteiger partial charge >= 0.3 is 0 Å². The average Bonchev–Trinajstić information content (AvgIpc) is 2.93. The van der Waals surface area contributed by atoms with E-state index in [1.807, 2.05) is 38.1 Å². The molecule has 2 atom stereocenters. The van der Waals surface area contributed by atoms with Gasteiger partial charge in [-0.2, -0.15) is 4.68 Å². The largest absolute Gasteiger partial charge is 0.326 e. The number of nitrogens with zero attached hydrogens (tertiary/aromatic N) is 4. The molecule has 7 nitrogen and oxygen atoms in total. The molecule has 1 aliphatic carbocycles. The number of nitrogens with two attached hydrogens (primary N) is 1. The van der Waals surface area contributed by atoms with E-state index in [1.54, 1.807) is 4.68 Å². The number of nitrogens with one attached hydrogen (secondary N) is 1. The van der Waals surface area contributed by atoms with E-state index in [4.69, 9.17) is 5.73 Å². The SMILES string of the molecule is Cc1nnnn1-c1cccc(NC(=O)C2CCCCC2(C)N)c1.Cl. The van der Waals surface area contributed by atoms with Crippen LogP contribution in [0.5, 0.6) is 0 Å². The topological polar surface area (TPSA) is 98.7 Å². The van der Waals surface area contributed by atoms with E-state index in [9.17, 15) is 4.79 Å². The maximum Gasteiger partial charge on any atom is 0.229 e. The molecule has 0 radical (unpaired) electrons. The van der Waals surface area contributed by atoms with Crippen molar-refractivity contribution in [2.75, 3.05) is 5.32 Å². The van der Waals surface area contributed by atoms with Crippen LogP contribution in [-0.4, -0.2) is 31.7 Å². The molecule has 3 rings (SSSR count). The number of halogens is 1. The Kier molecular flexibility index (Phi) is 5.56. The summed E-state index contributed by atoms with van der Waals surface area (Å²) in [6.07, 6.45) is 3.86. The highest BCUT2D eigenvalue weighted by atomic mass is 35.5. The minimum absolute atomic E-state index is 0. The molecule has 8 heteroatoms. The molecule has 0 spiro atoms. The summed E-state index contributed by atoms with van der Waals surface area (Å²) in [5.41, 5.74) is 7.41. The van der Waals surface area contributed by atoms with Gasteiger partial charge < -0.3 is 11.1 Å². The van der Waals surface area contributed by atoms with Crippen LogP contribution in [0.25, 0.3) is 5.69 Å². The number of carbonyl (C=O) groups is 1. The van der Waals surface area contributed by atoms with Crippen molar-refractivity contribution < 1.29 is 4.79 Å². The third-order valence-electron chi connectivity index (χ3n) is 4.55. The molecule has 1 aromatic carbocycles. The summed E-state index contributed by atoms with van der Waals surface area (Å²) in [5, 5.41) is 14.4. The lowest BCUT2D eigenvalue weighted by molar-refractivity contribution is -0.122. The molecular weight excluding hydrogens is 328 g/mol. The monoisotopic (exact) mass is 350 g/mol. The summed E-state index contributed by atoms with van der Waals surface area (Å²) in [4.78, 5) is 12.6. The first-order valence-corrected chi connectivity index (χ1v) is 7.92. The Hall–Kier alpha value is -1.99. The highest BCUT2D eigenvalue weighted by molar-refractivity contribution is 5.93. The lowest BCUT2D eigenvalue weighted by Crippen LogP contribution is -2.51. The Morgan fingerprint density at radius 1 is 1.42 bits per heavy atom. The van der Waals surface area contributed by atoms with E-state index in [-0.39, 0.29) is 24.2 Å². The molecule has 2 unspecified atom stereocenters. The van der Waals surface area contributed by atoms with Crippen molar-refractivity contribution in [3.8, 4) is 5.69 Å². The zero-order valence-electron chi connectivity index (χ0n) is 13.9. The summed E-state index contributed by atoms with van der Waals surface area (Å²) >= 11 is 0. The molecule has 1 aliphatic rings. The fourth-order valence-corrected chi connectivity index (χ4v) is 3.20. The molecule has 130 valence electrons. The second-order valence-electron chi connectivity index (χ2n) is 6.48. The molecule has 1 heterocycles. The number of benzene rings is 1. The maximum absolute atomic E-state index is 12.6. The average molecular weight is 351 g/mol. The molecule has 0 aliphatic heterocycles. The smallest absolute Gasteiger partial charge is 0.229 e. The van der Waals surface area contributed by atoms with Gasteiger partial charge in [-0.05, 0) is 55.3 Å². The number of carbonyl (C=O) groups excluding carboxylic acids is 1. The Morgan fingerprint density at radius 3 is 2.88 bits per heavy atom. The van der Waals surface area contributed by atoms with Crippen molar-refractivity contribution >= 4 is 24.0 Å². The third kappa shape index (κ3) is 3.73. The molecule has 1 amide bonds. The predicted molar refractivity (Wildman–Crippen MR) is 94.3 cm³/mol. The van der Waals surface area contributed by atoms with Gasteiger partial charge in [0.1, 0.15) is 0 Å². The minimum atomic E-state index is -0.438. The summed E-state index contributed by atoms with van der Waals surface area (Å²) < 4.78 is 1.63. The molecule has 0 bridgehead atoms. The van der Waals surface area contributed by atoms with Gasteiger partial charge in [0.25, 0.3) is 0 Å². The van der Waals surface area contributed by atoms with E-state index in [2.05, 4.69) is 20.8 Å². The second kappa shape index (κ2) is 7.27. The van der Waals surface area contributed by atoms with Crippen LogP contribution in [0, 0.1) is 12.8 Å². The standard InChI is InChI=1S/C16H22N6O.ClH/c1-11-19-20-21-22(11)13-7-5-6-12(10-13)18-15(23)14-8-3-4-9-16(14,2)17;/h5-7,10,14H,3-4,8-9,17H2,1-2H3,(H,18,23);1H. The van der Waals surface area contributed by atoms with Crippen molar-refractivity contribution in [1.29, 1.82) is 0 Å². The van der Waals surface area contributed by atoms with Crippen molar-refractivity contribution in [3.63, 3.8) is 0 Å². The lowest BCUT2D eigenvalue weighted by Gasteiger charge is -2.37. The van der Waals surface area contributed by atoms with E-state index in [0.29, 0.717) is 5.82 Å². The number of aryl methyl sites for hydroxylation is 1. The van der Waals surface area contributed by atoms with Crippen LogP contribution in [0.3, 0.4) is 0 Å². The van der Waals surface area contributed by atoms with Gasteiger partial charge in [0.05, 0.1) is 11.6 Å². The van der Waals surface area contributed by atoms with Gasteiger partial charge in [0.2, 0.25) is 5.91 Å². The quantitative estimate of drug-likeness (QED) is 0.884. The van der Waals surface area contributed by atoms with Crippen LogP contribution in [0.2, 0.25) is 0 Å². The number of rotatable bonds is 3. The third-order valence-corrected chi connectivity index (χ3v) is 4.55. The van der Waals surface area contributed by atoms with Gasteiger partial charge in [-0.15, -0.1) is 17.5 Å². The minimum Gasteiger partial charge on any atom is -0.326 e. The first kappa shape index (κ1) is 18.4. The van der Waals surface area contributed by atoms with Crippen molar-refractivity contribution in [2.24, 2.45) is 11.7 Å². The molecule has 2 aromatic rings. The van der Waals surface area contributed by atoms with Gasteiger partial charge in [-0.3, -0.25) is 4.79 Å². The highest BCUT2D eigenvalue weighted by Crippen LogP contribution is 2.32. The van der Waals surface area contributed by atoms with Crippen LogP contribution >= 0.6 is 12.4 Å². The summed E-state index contributed by atoms with van der Waals surface area (Å²) in [5.74, 6) is 0.519. The summed E-state index contributed by atoms with van der Waals surface area (Å²) in [6, 6.07) is 7.48. The number of hydrogen-bond acceptors (Lipinski definition) is 5. The van der Waals surface area contributed by atoms with Crippen LogP contribution in [-0.2, 0) is 4.79 Å². The fraction of sp³-hybridized carbons (Fsp3) is 0.500. The zero-order valence-corrected chi connectivity index (χ0v) is 14.7. The van der Waals surface area contributed by atoms with Crippen LogP contribution in [0.4, 0.5) is 5.69 Å². The van der Waals surface area contributed by atoms with E-state index < -0.39 is 5.54 Å². The molecule has 0 saturated heterocycles. The molecule has 1 saturated carbocycles. The van der Waals surface area contributed by atoms with Gasteiger partial charge in [0.15, 0.2) is 5.82 Å². The second-order valence-corrected chi connectivity index (χ2v) is 6.48. The first-order valence-electron chi connectivity index (χ1n) is 7.92. The van der Waals surface area contributed by atoms with Crippen LogP contribution in [0.1, 0.15) is 38.4 Å². The molecule has 3 N–H and O–H groups in total. The molecule has 1 aromatic heterocycles. The van der Waals surface area contributed by atoms with Crippen molar-refractivity contribution in [2.45, 2.75) is 45.1 Å². The molecule has 24 heavy (non-hydrogen) atoms. The van der Waals surface area contributed by atoms with E-state index in [0.717, 1.165) is 37.1 Å². The Bertz CT molecular complexity index is 714. The van der Waals surface area contributed by atoms with Gasteiger partial charge in [-0.1, -0.05) is 18.9 Å². The zero-order chi connectivity index (χ0) is 16.4. The predicted octanol–water partition coefficient (Wildman–Crippen LogP) is 2.24. The Balaban J connectivity index is 0.00000208. The summed E-state index contributed by atoms with van der Waals surface area (Å²) in [6.45, 7) is 3.80. The number of aromatic nitrogens is 4. The van der Waals surface area contributed by atoms with Crippen LogP contribution in [0.15, 0.2) is 24.3 Å². The highest BCUT2D eigenvalue weighted by Gasteiger charge is 2.37. The number of hydrogen-bond donors (Lipinski definition) is 2. The van der Waals surface area contributed by atoms with Gasteiger partial charge in [0, 0.05) is 11.2 Å². The van der Waals surface area contributed by atoms with E-state index >= 15 is 0 Å². The fourth-order valence-electron chi connectivity index (χ4n) is 3.20. The normalized spacial score (nSPS) is 23.4. The molecule has 1 fully saturated rings. The van der Waals surface area contributed by atoms with E-state index in [1.165, 1.54) is 0 Å². The Morgan fingerprint density at radius 2 is 2.21 bits per heavy atom. The number of amides is 1. The lowest BCUT2D eigenvalue weighted by atomic mass is 9.74. The maximum atomic E-state index is 12.6. The van der Waals surface area contributed by atoms with Gasteiger partial charge in [-0.25, -0.2) is 0 Å². The van der Waals surface area contributed by atoms with Crippen LogP contribution < -0.4 is 11.1 Å². The number of tetrazole rings is 1. The van der Waals surface area contributed by atoms with Crippen molar-refractivity contribution in [1.82, 2.24) is 20.2 Å². The number of anilines is 1. The molecular formula is C16H23ClN6O. The Labute approximate surface area is 147 Å². The summed E-state index contributed by atoms with van der Waals surface area (Å²) in [7, 11) is 0. The first-order chi connectivity index (χ1) is 11.0.